The van der Waals surface area contributed by atoms with E-state index in [2.05, 4.69) is 26.9 Å². The second kappa shape index (κ2) is 5.88. The molecule has 0 bridgehead atoms. The van der Waals surface area contributed by atoms with Crippen LogP contribution in [-0.2, 0) is 7.05 Å². The molecule has 2 saturated heterocycles. The number of anilines is 2. The van der Waals surface area contributed by atoms with E-state index in [-0.39, 0.29) is 11.9 Å². The van der Waals surface area contributed by atoms with Gasteiger partial charge in [0.2, 0.25) is 5.95 Å². The van der Waals surface area contributed by atoms with Crippen molar-refractivity contribution in [3.63, 3.8) is 0 Å². The Morgan fingerprint density at radius 2 is 2.00 bits per heavy atom. The molecule has 0 spiro atoms. The van der Waals surface area contributed by atoms with Crippen LogP contribution in [0.25, 0.3) is 11.0 Å². The molecule has 1 aromatic carbocycles. The zero-order chi connectivity index (χ0) is 18.7. The monoisotopic (exact) mass is 367 g/mol. The zero-order valence-electron chi connectivity index (χ0n) is 15.4. The second-order valence-electron chi connectivity index (χ2n) is 7.68. The van der Waals surface area contributed by atoms with Crippen molar-refractivity contribution in [2.24, 2.45) is 18.9 Å². The van der Waals surface area contributed by atoms with Gasteiger partial charge in [-0.05, 0) is 30.7 Å². The van der Waals surface area contributed by atoms with Crippen LogP contribution in [0.5, 0.6) is 0 Å². The highest BCUT2D eigenvalue weighted by Crippen LogP contribution is 2.44. The summed E-state index contributed by atoms with van der Waals surface area (Å²) in [5.74, 6) is 1.83. The average Bonchev–Trinajstić information content (AvgIpc) is 3.28. The Bertz CT molecular complexity index is 1020. The normalized spacial score (nSPS) is 25.4. The molecule has 5 rings (SSSR count). The summed E-state index contributed by atoms with van der Waals surface area (Å²) in [6.07, 6.45) is 1.70. The Morgan fingerprint density at radius 1 is 1.15 bits per heavy atom. The highest BCUT2D eigenvalue weighted by atomic mass is 19.1. The maximum atomic E-state index is 13.8. The van der Waals surface area contributed by atoms with Crippen LogP contribution < -0.4 is 10.6 Å². The molecule has 0 saturated carbocycles. The van der Waals surface area contributed by atoms with Crippen molar-refractivity contribution in [1.82, 2.24) is 24.6 Å². The Morgan fingerprint density at radius 3 is 2.81 bits per heavy atom. The number of benzene rings is 1. The molecule has 8 heteroatoms. The predicted octanol–water partition coefficient (Wildman–Crippen LogP) is 1.82. The number of nitrogens with zero attached hydrogens (tertiary/aromatic N) is 6. The smallest absolute Gasteiger partial charge is 0.229 e. The number of fused-ring (bicyclic) bond motifs is 2. The van der Waals surface area contributed by atoms with Gasteiger partial charge in [0, 0.05) is 38.6 Å². The molecule has 3 atom stereocenters. The van der Waals surface area contributed by atoms with E-state index in [1.54, 1.807) is 23.0 Å². The predicted molar refractivity (Wildman–Crippen MR) is 102 cm³/mol. The summed E-state index contributed by atoms with van der Waals surface area (Å²) >= 11 is 0. The van der Waals surface area contributed by atoms with Crippen LogP contribution in [0, 0.1) is 17.7 Å². The number of aromatic nitrogens is 4. The van der Waals surface area contributed by atoms with Gasteiger partial charge in [-0.25, -0.2) is 4.39 Å². The van der Waals surface area contributed by atoms with Crippen molar-refractivity contribution < 1.29 is 4.39 Å². The SMILES string of the molecule is CN1C[C@H]2CN(c3nc(N)c4cnn(C)c4n3)C[C@H]2[C@@H]1c1cccc(F)c1. The summed E-state index contributed by atoms with van der Waals surface area (Å²) in [6.45, 7) is 2.69. The van der Waals surface area contributed by atoms with E-state index in [9.17, 15) is 4.39 Å². The van der Waals surface area contributed by atoms with Crippen LogP contribution in [0.1, 0.15) is 11.6 Å². The number of hydrogen-bond acceptors (Lipinski definition) is 6. The number of nitrogens with two attached hydrogens (primary N) is 1. The topological polar surface area (TPSA) is 76.1 Å². The standard InChI is InChI=1S/C19H22FN7/c1-25-8-12-9-27(10-15(12)16(25)11-4-3-5-13(20)6-11)19-23-17(21)14-7-22-26(2)18(14)24-19/h3-7,12,15-16H,8-10H2,1-2H3,(H2,21,23,24)/t12-,15+,16-/m0/s1. The average molecular weight is 367 g/mol. The molecule has 3 aromatic rings. The molecule has 27 heavy (non-hydrogen) atoms. The van der Waals surface area contributed by atoms with Crippen molar-refractivity contribution in [2.45, 2.75) is 6.04 Å². The molecule has 7 nitrogen and oxygen atoms in total. The first kappa shape index (κ1) is 16.4. The summed E-state index contributed by atoms with van der Waals surface area (Å²) in [5.41, 5.74) is 7.91. The van der Waals surface area contributed by atoms with Crippen molar-refractivity contribution >= 4 is 22.8 Å². The van der Waals surface area contributed by atoms with Gasteiger partial charge in [-0.3, -0.25) is 9.58 Å². The van der Waals surface area contributed by atoms with E-state index in [0.717, 1.165) is 36.2 Å². The number of hydrogen-bond donors (Lipinski definition) is 1. The fourth-order valence-electron chi connectivity index (χ4n) is 4.79. The minimum absolute atomic E-state index is 0.183. The fraction of sp³-hybridized carbons (Fsp3) is 0.421. The molecular weight excluding hydrogens is 345 g/mol. The highest BCUT2D eigenvalue weighted by molar-refractivity contribution is 5.86. The van der Waals surface area contributed by atoms with Gasteiger partial charge in [-0.1, -0.05) is 12.1 Å². The zero-order valence-corrected chi connectivity index (χ0v) is 15.4. The summed E-state index contributed by atoms with van der Waals surface area (Å²) in [4.78, 5) is 13.8. The molecule has 0 radical (unpaired) electrons. The molecule has 2 fully saturated rings. The molecule has 0 amide bonds. The van der Waals surface area contributed by atoms with E-state index in [1.807, 2.05) is 13.1 Å². The molecular formula is C19H22FN7. The lowest BCUT2D eigenvalue weighted by Crippen LogP contribution is -2.30. The van der Waals surface area contributed by atoms with Crippen molar-refractivity contribution in [2.75, 3.05) is 37.3 Å². The van der Waals surface area contributed by atoms with Gasteiger partial charge in [0.15, 0.2) is 5.65 Å². The quantitative estimate of drug-likeness (QED) is 0.745. The molecule has 2 aliphatic heterocycles. The molecule has 4 heterocycles. The summed E-state index contributed by atoms with van der Waals surface area (Å²) < 4.78 is 15.5. The number of rotatable bonds is 2. The first-order chi connectivity index (χ1) is 13.0. The Hall–Kier alpha value is -2.74. The van der Waals surface area contributed by atoms with Crippen molar-refractivity contribution in [3.05, 3.63) is 41.8 Å². The van der Waals surface area contributed by atoms with E-state index in [0.29, 0.717) is 23.6 Å². The lowest BCUT2D eigenvalue weighted by Gasteiger charge is -2.27. The Balaban J connectivity index is 1.47. The van der Waals surface area contributed by atoms with Gasteiger partial charge in [0.1, 0.15) is 11.6 Å². The number of likely N-dealkylation sites (tertiary alicyclic amines) is 1. The minimum Gasteiger partial charge on any atom is -0.383 e. The van der Waals surface area contributed by atoms with Gasteiger partial charge in [-0.2, -0.15) is 15.1 Å². The van der Waals surface area contributed by atoms with Gasteiger partial charge >= 0.3 is 0 Å². The number of nitrogen functional groups attached to an aromatic ring is 1. The molecule has 2 N–H and O–H groups in total. The third-order valence-corrected chi connectivity index (χ3v) is 5.98. The molecule has 0 unspecified atom stereocenters. The first-order valence-electron chi connectivity index (χ1n) is 9.17. The fourth-order valence-corrected chi connectivity index (χ4v) is 4.79. The van der Waals surface area contributed by atoms with Gasteiger partial charge in [0.05, 0.1) is 11.6 Å². The van der Waals surface area contributed by atoms with E-state index < -0.39 is 0 Å². The Kier molecular flexibility index (Phi) is 3.58. The van der Waals surface area contributed by atoms with Crippen molar-refractivity contribution in [1.29, 1.82) is 0 Å². The van der Waals surface area contributed by atoms with E-state index >= 15 is 0 Å². The van der Waals surface area contributed by atoms with Crippen LogP contribution in [0.3, 0.4) is 0 Å². The lowest BCUT2D eigenvalue weighted by atomic mass is 9.89. The van der Waals surface area contributed by atoms with E-state index in [1.165, 1.54) is 6.07 Å². The largest absolute Gasteiger partial charge is 0.383 e. The number of halogens is 1. The maximum Gasteiger partial charge on any atom is 0.229 e. The molecule has 0 aliphatic carbocycles. The van der Waals surface area contributed by atoms with Crippen LogP contribution in [0.2, 0.25) is 0 Å². The summed E-state index contributed by atoms with van der Waals surface area (Å²) in [5, 5.41) is 5.00. The van der Waals surface area contributed by atoms with Crippen LogP contribution in [-0.4, -0.2) is 51.3 Å². The molecule has 2 aromatic heterocycles. The minimum atomic E-state index is -0.183. The van der Waals surface area contributed by atoms with E-state index in [4.69, 9.17) is 10.7 Å². The summed E-state index contributed by atoms with van der Waals surface area (Å²) in [7, 11) is 3.97. The van der Waals surface area contributed by atoms with Crippen LogP contribution >= 0.6 is 0 Å². The highest BCUT2D eigenvalue weighted by Gasteiger charge is 2.46. The van der Waals surface area contributed by atoms with Crippen LogP contribution in [0.4, 0.5) is 16.2 Å². The number of aryl methyl sites for hydroxylation is 1. The van der Waals surface area contributed by atoms with Crippen molar-refractivity contribution in [3.8, 4) is 0 Å². The van der Waals surface area contributed by atoms with Gasteiger partial charge < -0.3 is 10.6 Å². The van der Waals surface area contributed by atoms with Crippen LogP contribution in [0.15, 0.2) is 30.5 Å². The maximum absolute atomic E-state index is 13.8. The first-order valence-corrected chi connectivity index (χ1v) is 9.17. The second-order valence-corrected chi connectivity index (χ2v) is 7.68. The third-order valence-electron chi connectivity index (χ3n) is 5.98. The lowest BCUT2D eigenvalue weighted by molar-refractivity contribution is 0.279. The third kappa shape index (κ3) is 2.55. The molecule has 140 valence electrons. The Labute approximate surface area is 156 Å². The molecule has 2 aliphatic rings. The van der Waals surface area contributed by atoms with Gasteiger partial charge in [-0.15, -0.1) is 0 Å². The van der Waals surface area contributed by atoms with Gasteiger partial charge in [0.25, 0.3) is 0 Å². The summed E-state index contributed by atoms with van der Waals surface area (Å²) in [6, 6.07) is 7.16.